The summed E-state index contributed by atoms with van der Waals surface area (Å²) < 4.78 is 0. The molecule has 0 radical (unpaired) electrons. The van der Waals surface area contributed by atoms with Gasteiger partial charge in [0.1, 0.15) is 0 Å². The van der Waals surface area contributed by atoms with Gasteiger partial charge in [0.2, 0.25) is 0 Å². The largest absolute Gasteiger partial charge is 0.0984 e. The molecule has 0 unspecified atom stereocenters. The van der Waals surface area contributed by atoms with Crippen molar-refractivity contribution >= 4 is 21.9 Å². The first-order valence-electron chi connectivity index (χ1n) is 9.43. The summed E-state index contributed by atoms with van der Waals surface area (Å²) in [6.45, 7) is 8.21. The quantitative estimate of drug-likeness (QED) is 0.319. The second kappa shape index (κ2) is 7.94. The molecule has 0 atom stereocenters. The van der Waals surface area contributed by atoms with E-state index in [0.29, 0.717) is 0 Å². The van der Waals surface area contributed by atoms with E-state index in [1.165, 1.54) is 21.9 Å². The van der Waals surface area contributed by atoms with Crippen molar-refractivity contribution < 1.29 is 0 Å². The van der Waals surface area contributed by atoms with Gasteiger partial charge < -0.3 is 0 Å². The molecule has 0 aliphatic rings. The third-order valence-corrected chi connectivity index (χ3v) is 5.01. The smallest absolute Gasteiger partial charge is 0.0105 e. The number of hydrogen-bond donors (Lipinski definition) is 0. The lowest BCUT2D eigenvalue weighted by atomic mass is 9.95. The highest BCUT2D eigenvalue weighted by Gasteiger charge is 2.05. The SMILES string of the molecule is C=C/C(=C\C(=C)c1ccccc1)c1ccc(-c2cccc3ccccc23)cc1. The molecule has 0 aliphatic carbocycles. The van der Waals surface area contributed by atoms with Crippen LogP contribution in [-0.2, 0) is 0 Å². The Hall–Kier alpha value is -3.64. The molecule has 0 spiro atoms. The van der Waals surface area contributed by atoms with Crippen LogP contribution in [0.1, 0.15) is 11.1 Å². The minimum absolute atomic E-state index is 0.980. The Kier molecular flexibility index (Phi) is 5.03. The minimum atomic E-state index is 0.980. The van der Waals surface area contributed by atoms with Crippen molar-refractivity contribution in [2.45, 2.75) is 0 Å². The number of allylic oxidation sites excluding steroid dienone is 4. The van der Waals surface area contributed by atoms with E-state index in [1.54, 1.807) is 0 Å². The summed E-state index contributed by atoms with van der Waals surface area (Å²) in [5, 5.41) is 2.53. The molecule has 0 fully saturated rings. The fourth-order valence-electron chi connectivity index (χ4n) is 3.50. The van der Waals surface area contributed by atoms with Gasteiger partial charge in [-0.2, -0.15) is 0 Å². The van der Waals surface area contributed by atoms with Crippen LogP contribution in [0.5, 0.6) is 0 Å². The Balaban J connectivity index is 1.68. The predicted octanol–water partition coefficient (Wildman–Crippen LogP) is 7.79. The maximum absolute atomic E-state index is 4.21. The zero-order chi connectivity index (χ0) is 19.3. The van der Waals surface area contributed by atoms with Crippen LogP contribution < -0.4 is 0 Å². The summed E-state index contributed by atoms with van der Waals surface area (Å²) in [6, 6.07) is 33.8. The van der Waals surface area contributed by atoms with Gasteiger partial charge in [0.15, 0.2) is 0 Å². The van der Waals surface area contributed by atoms with E-state index in [1.807, 2.05) is 24.3 Å². The molecule has 0 bridgehead atoms. The summed E-state index contributed by atoms with van der Waals surface area (Å²) in [5.41, 5.74) is 6.77. The molecular weight excluding hydrogens is 336 g/mol. The first-order chi connectivity index (χ1) is 13.8. The molecule has 134 valence electrons. The first-order valence-corrected chi connectivity index (χ1v) is 9.43. The van der Waals surface area contributed by atoms with Crippen LogP contribution in [0.15, 0.2) is 122 Å². The van der Waals surface area contributed by atoms with Crippen molar-refractivity contribution in [2.75, 3.05) is 0 Å². The highest BCUT2D eigenvalue weighted by molar-refractivity contribution is 5.97. The summed E-state index contributed by atoms with van der Waals surface area (Å²) >= 11 is 0. The zero-order valence-electron chi connectivity index (χ0n) is 15.8. The topological polar surface area (TPSA) is 0 Å². The molecule has 0 aromatic heterocycles. The van der Waals surface area contributed by atoms with Crippen LogP contribution in [0.4, 0.5) is 0 Å². The second-order valence-electron chi connectivity index (χ2n) is 6.80. The van der Waals surface area contributed by atoms with Gasteiger partial charge in [-0.3, -0.25) is 0 Å². The Morgan fingerprint density at radius 1 is 0.643 bits per heavy atom. The van der Waals surface area contributed by atoms with E-state index < -0.39 is 0 Å². The van der Waals surface area contributed by atoms with Crippen LogP contribution in [0.3, 0.4) is 0 Å². The van der Waals surface area contributed by atoms with E-state index >= 15 is 0 Å². The molecule has 0 N–H and O–H groups in total. The fraction of sp³-hybridized carbons (Fsp3) is 0. The fourth-order valence-corrected chi connectivity index (χ4v) is 3.50. The Morgan fingerprint density at radius 2 is 1.32 bits per heavy atom. The average Bonchev–Trinajstić information content (AvgIpc) is 2.77. The molecular formula is C28H22. The van der Waals surface area contributed by atoms with E-state index in [0.717, 1.165) is 22.3 Å². The van der Waals surface area contributed by atoms with Crippen LogP contribution in [0, 0.1) is 0 Å². The third-order valence-electron chi connectivity index (χ3n) is 5.01. The van der Waals surface area contributed by atoms with Crippen molar-refractivity contribution in [1.82, 2.24) is 0 Å². The van der Waals surface area contributed by atoms with Gasteiger partial charge in [-0.1, -0.05) is 116 Å². The van der Waals surface area contributed by atoms with Crippen LogP contribution in [0.25, 0.3) is 33.0 Å². The van der Waals surface area contributed by atoms with Gasteiger partial charge in [-0.25, -0.2) is 0 Å². The Labute approximate surface area is 166 Å². The lowest BCUT2D eigenvalue weighted by Gasteiger charge is -2.09. The van der Waals surface area contributed by atoms with Gasteiger partial charge in [0.25, 0.3) is 0 Å². The van der Waals surface area contributed by atoms with Gasteiger partial charge in [-0.05, 0) is 50.2 Å². The van der Waals surface area contributed by atoms with Crippen LogP contribution in [-0.4, -0.2) is 0 Å². The average molecular weight is 358 g/mol. The van der Waals surface area contributed by atoms with E-state index in [9.17, 15) is 0 Å². The summed E-state index contributed by atoms with van der Waals surface area (Å²) in [6.07, 6.45) is 3.98. The molecule has 28 heavy (non-hydrogen) atoms. The van der Waals surface area contributed by atoms with Crippen molar-refractivity contribution in [3.05, 3.63) is 133 Å². The van der Waals surface area contributed by atoms with Gasteiger partial charge in [0, 0.05) is 0 Å². The maximum atomic E-state index is 4.21. The Bertz CT molecular complexity index is 1150. The highest BCUT2D eigenvalue weighted by atomic mass is 14.1. The molecule has 0 saturated carbocycles. The van der Waals surface area contributed by atoms with Crippen LogP contribution >= 0.6 is 0 Å². The molecule has 4 aromatic carbocycles. The van der Waals surface area contributed by atoms with E-state index in [4.69, 9.17) is 0 Å². The lowest BCUT2D eigenvalue weighted by molar-refractivity contribution is 1.59. The second-order valence-corrected chi connectivity index (χ2v) is 6.80. The lowest BCUT2D eigenvalue weighted by Crippen LogP contribution is -1.86. The number of rotatable bonds is 5. The maximum Gasteiger partial charge on any atom is -0.0105 e. The predicted molar refractivity (Wildman–Crippen MR) is 123 cm³/mol. The first kappa shape index (κ1) is 17.8. The number of fused-ring (bicyclic) bond motifs is 1. The van der Waals surface area contributed by atoms with Crippen molar-refractivity contribution in [2.24, 2.45) is 0 Å². The van der Waals surface area contributed by atoms with Crippen molar-refractivity contribution in [3.8, 4) is 11.1 Å². The monoisotopic (exact) mass is 358 g/mol. The standard InChI is InChI=1S/C28H22/c1-3-22(20-21(2)23-10-5-4-6-11-23)24-16-18-26(19-17-24)28-15-9-13-25-12-7-8-14-27(25)28/h3-20H,1-2H2/b22-20+. The zero-order valence-corrected chi connectivity index (χ0v) is 15.8. The van der Waals surface area contributed by atoms with Gasteiger partial charge in [-0.15, -0.1) is 0 Å². The van der Waals surface area contributed by atoms with Gasteiger partial charge >= 0.3 is 0 Å². The molecule has 0 heteroatoms. The molecule has 0 amide bonds. The van der Waals surface area contributed by atoms with E-state index in [2.05, 4.69) is 98.1 Å². The normalized spacial score (nSPS) is 11.4. The van der Waals surface area contributed by atoms with Crippen LogP contribution in [0.2, 0.25) is 0 Å². The Morgan fingerprint density at radius 3 is 2.07 bits per heavy atom. The molecule has 0 aliphatic heterocycles. The van der Waals surface area contributed by atoms with Gasteiger partial charge in [0.05, 0.1) is 0 Å². The molecule has 0 heterocycles. The summed E-state index contributed by atoms with van der Waals surface area (Å²) in [4.78, 5) is 0. The van der Waals surface area contributed by atoms with E-state index in [-0.39, 0.29) is 0 Å². The number of hydrogen-bond acceptors (Lipinski definition) is 0. The molecule has 4 aromatic rings. The highest BCUT2D eigenvalue weighted by Crippen LogP contribution is 2.30. The van der Waals surface area contributed by atoms with Crippen molar-refractivity contribution in [3.63, 3.8) is 0 Å². The molecule has 0 saturated heterocycles. The molecule has 4 rings (SSSR count). The summed E-state index contributed by atoms with van der Waals surface area (Å²) in [5.74, 6) is 0. The number of benzene rings is 4. The van der Waals surface area contributed by atoms with Crippen molar-refractivity contribution in [1.29, 1.82) is 0 Å². The summed E-state index contributed by atoms with van der Waals surface area (Å²) in [7, 11) is 0. The third kappa shape index (κ3) is 3.58. The minimum Gasteiger partial charge on any atom is -0.0984 e. The molecule has 0 nitrogen and oxygen atoms in total.